The molecule has 174 valence electrons. The van der Waals surface area contributed by atoms with Crippen LogP contribution >= 0.6 is 0 Å². The van der Waals surface area contributed by atoms with Crippen molar-refractivity contribution in [2.24, 2.45) is 17.3 Å². The zero-order valence-corrected chi connectivity index (χ0v) is 19.2. The number of carbonyl (C=O) groups is 3. The van der Waals surface area contributed by atoms with Crippen LogP contribution in [0.3, 0.4) is 0 Å². The van der Waals surface area contributed by atoms with E-state index in [0.717, 1.165) is 32.4 Å². The van der Waals surface area contributed by atoms with Crippen molar-refractivity contribution in [2.75, 3.05) is 52.5 Å². The van der Waals surface area contributed by atoms with Gasteiger partial charge in [-0.3, -0.25) is 14.4 Å². The predicted octanol–water partition coefficient (Wildman–Crippen LogP) is 2.29. The quantitative estimate of drug-likeness (QED) is 0.682. The fourth-order valence-corrected chi connectivity index (χ4v) is 6.39. The molecule has 1 saturated carbocycles. The van der Waals surface area contributed by atoms with Crippen molar-refractivity contribution in [1.82, 2.24) is 14.7 Å². The summed E-state index contributed by atoms with van der Waals surface area (Å²) < 4.78 is 5.38. The summed E-state index contributed by atoms with van der Waals surface area (Å²) in [5.41, 5.74) is 0.208. The van der Waals surface area contributed by atoms with Crippen LogP contribution < -0.4 is 0 Å². The first-order valence-corrected chi connectivity index (χ1v) is 12.4. The molecule has 3 heterocycles. The van der Waals surface area contributed by atoms with Gasteiger partial charge in [-0.15, -0.1) is 0 Å². The summed E-state index contributed by atoms with van der Waals surface area (Å²) in [5, 5.41) is 0. The van der Waals surface area contributed by atoms with Gasteiger partial charge in [-0.05, 0) is 43.4 Å². The lowest BCUT2D eigenvalue weighted by Gasteiger charge is -2.38. The lowest BCUT2D eigenvalue weighted by atomic mass is 9.66. The van der Waals surface area contributed by atoms with Crippen LogP contribution in [0.1, 0.15) is 64.7 Å². The standard InChI is InChI=1S/C24H39N3O4/c1-19(28)25-11-7-20(8-12-25)23(30)27-17-21(24(18-27)9-3-2-4-10-24)5-6-22(29)26-13-15-31-16-14-26/h20-21H,2-18H2,1H3. The number of hydrogen-bond donors (Lipinski definition) is 0. The van der Waals surface area contributed by atoms with E-state index in [2.05, 4.69) is 4.90 Å². The molecule has 3 saturated heterocycles. The van der Waals surface area contributed by atoms with Crippen molar-refractivity contribution >= 4 is 17.7 Å². The molecule has 7 heteroatoms. The molecule has 1 aliphatic carbocycles. The highest BCUT2D eigenvalue weighted by atomic mass is 16.5. The monoisotopic (exact) mass is 433 g/mol. The maximum absolute atomic E-state index is 13.4. The van der Waals surface area contributed by atoms with Gasteiger partial charge in [0.25, 0.3) is 0 Å². The Balaban J connectivity index is 1.36. The van der Waals surface area contributed by atoms with E-state index in [1.165, 1.54) is 32.1 Å². The minimum Gasteiger partial charge on any atom is -0.378 e. The Labute approximate surface area is 186 Å². The lowest BCUT2D eigenvalue weighted by Crippen LogP contribution is -2.43. The van der Waals surface area contributed by atoms with Gasteiger partial charge in [0.15, 0.2) is 0 Å². The van der Waals surface area contributed by atoms with Gasteiger partial charge in [-0.2, -0.15) is 0 Å². The number of rotatable bonds is 4. The highest BCUT2D eigenvalue weighted by Gasteiger charge is 2.48. The Kier molecular flexibility index (Phi) is 7.19. The summed E-state index contributed by atoms with van der Waals surface area (Å²) in [4.78, 5) is 43.6. The van der Waals surface area contributed by atoms with Crippen molar-refractivity contribution < 1.29 is 19.1 Å². The second-order valence-electron chi connectivity index (χ2n) is 10.2. The van der Waals surface area contributed by atoms with Crippen molar-refractivity contribution in [2.45, 2.75) is 64.7 Å². The van der Waals surface area contributed by atoms with Gasteiger partial charge < -0.3 is 19.4 Å². The van der Waals surface area contributed by atoms with Crippen LogP contribution in [0, 0.1) is 17.3 Å². The molecule has 1 atom stereocenters. The molecule has 1 unspecified atom stereocenters. The maximum Gasteiger partial charge on any atom is 0.225 e. The van der Waals surface area contributed by atoms with Crippen molar-refractivity contribution in [3.8, 4) is 0 Å². The van der Waals surface area contributed by atoms with Crippen LogP contribution in [0.25, 0.3) is 0 Å². The molecule has 0 aromatic carbocycles. The summed E-state index contributed by atoms with van der Waals surface area (Å²) >= 11 is 0. The van der Waals surface area contributed by atoms with E-state index in [-0.39, 0.29) is 29.1 Å². The number of piperidine rings is 1. The number of hydrogen-bond acceptors (Lipinski definition) is 4. The van der Waals surface area contributed by atoms with Crippen LogP contribution in [-0.4, -0.2) is 84.9 Å². The number of amides is 3. The fourth-order valence-electron chi connectivity index (χ4n) is 6.39. The van der Waals surface area contributed by atoms with Crippen LogP contribution in [0.4, 0.5) is 0 Å². The van der Waals surface area contributed by atoms with E-state index in [9.17, 15) is 14.4 Å². The molecule has 0 radical (unpaired) electrons. The Morgan fingerprint density at radius 2 is 1.58 bits per heavy atom. The smallest absolute Gasteiger partial charge is 0.225 e. The number of likely N-dealkylation sites (tertiary alicyclic amines) is 2. The fraction of sp³-hybridized carbons (Fsp3) is 0.875. The second-order valence-corrected chi connectivity index (χ2v) is 10.2. The first-order chi connectivity index (χ1) is 15.0. The highest BCUT2D eigenvalue weighted by molar-refractivity contribution is 5.80. The summed E-state index contributed by atoms with van der Waals surface area (Å²) in [6.45, 7) is 7.38. The molecule has 0 N–H and O–H groups in total. The zero-order chi connectivity index (χ0) is 21.8. The number of ether oxygens (including phenoxy) is 1. The molecule has 0 bridgehead atoms. The van der Waals surface area contributed by atoms with Crippen LogP contribution in [0.15, 0.2) is 0 Å². The third-order valence-corrected chi connectivity index (χ3v) is 8.33. The van der Waals surface area contributed by atoms with E-state index in [1.807, 2.05) is 9.80 Å². The molecule has 31 heavy (non-hydrogen) atoms. The van der Waals surface area contributed by atoms with Crippen molar-refractivity contribution in [1.29, 1.82) is 0 Å². The SMILES string of the molecule is CC(=O)N1CCC(C(=O)N2CC(CCC(=O)N3CCOCC3)C3(CCCCC3)C2)CC1. The Morgan fingerprint density at radius 1 is 0.903 bits per heavy atom. The molecule has 0 aromatic heterocycles. The third-order valence-electron chi connectivity index (χ3n) is 8.33. The molecule has 4 rings (SSSR count). The topological polar surface area (TPSA) is 70.2 Å². The Hall–Kier alpha value is -1.63. The first kappa shape index (κ1) is 22.6. The maximum atomic E-state index is 13.4. The first-order valence-electron chi connectivity index (χ1n) is 12.4. The summed E-state index contributed by atoms with van der Waals surface area (Å²) in [6.07, 6.45) is 9.20. The minimum absolute atomic E-state index is 0.0463. The van der Waals surface area contributed by atoms with Gasteiger partial charge in [-0.25, -0.2) is 0 Å². The van der Waals surface area contributed by atoms with Crippen molar-refractivity contribution in [3.05, 3.63) is 0 Å². The Bertz CT molecular complexity index is 662. The van der Waals surface area contributed by atoms with Gasteiger partial charge in [0.05, 0.1) is 13.2 Å². The Morgan fingerprint density at radius 3 is 2.23 bits per heavy atom. The van der Waals surface area contributed by atoms with Gasteiger partial charge >= 0.3 is 0 Å². The molecule has 1 spiro atoms. The third kappa shape index (κ3) is 5.07. The molecular formula is C24H39N3O4. The molecule has 4 aliphatic rings. The average molecular weight is 434 g/mol. The van der Waals surface area contributed by atoms with E-state index in [4.69, 9.17) is 4.74 Å². The summed E-state index contributed by atoms with van der Waals surface area (Å²) in [6, 6.07) is 0. The molecule has 4 fully saturated rings. The second kappa shape index (κ2) is 9.88. The van der Waals surface area contributed by atoms with E-state index < -0.39 is 0 Å². The van der Waals surface area contributed by atoms with Gasteiger partial charge in [0.2, 0.25) is 17.7 Å². The molecule has 3 aliphatic heterocycles. The normalized spacial score (nSPS) is 27.0. The molecule has 7 nitrogen and oxygen atoms in total. The number of carbonyl (C=O) groups excluding carboxylic acids is 3. The van der Waals surface area contributed by atoms with Crippen LogP contribution in [0.2, 0.25) is 0 Å². The van der Waals surface area contributed by atoms with Crippen LogP contribution in [-0.2, 0) is 19.1 Å². The minimum atomic E-state index is 0.0463. The largest absolute Gasteiger partial charge is 0.378 e. The van der Waals surface area contributed by atoms with E-state index >= 15 is 0 Å². The van der Waals surface area contributed by atoms with Gasteiger partial charge in [0, 0.05) is 58.5 Å². The van der Waals surface area contributed by atoms with E-state index in [1.54, 1.807) is 6.92 Å². The molecule has 0 aromatic rings. The molecule has 3 amide bonds. The van der Waals surface area contributed by atoms with Gasteiger partial charge in [0.1, 0.15) is 0 Å². The zero-order valence-electron chi connectivity index (χ0n) is 19.2. The van der Waals surface area contributed by atoms with Crippen molar-refractivity contribution in [3.63, 3.8) is 0 Å². The predicted molar refractivity (Wildman–Crippen MR) is 117 cm³/mol. The number of nitrogens with zero attached hydrogens (tertiary/aromatic N) is 3. The van der Waals surface area contributed by atoms with Gasteiger partial charge in [-0.1, -0.05) is 19.3 Å². The number of morpholine rings is 1. The highest BCUT2D eigenvalue weighted by Crippen LogP contribution is 2.49. The average Bonchev–Trinajstić information content (AvgIpc) is 3.15. The van der Waals surface area contributed by atoms with E-state index in [0.29, 0.717) is 51.7 Å². The summed E-state index contributed by atoms with van der Waals surface area (Å²) in [5.74, 6) is 1.12. The summed E-state index contributed by atoms with van der Waals surface area (Å²) in [7, 11) is 0. The van der Waals surface area contributed by atoms with Crippen LogP contribution in [0.5, 0.6) is 0 Å². The lowest BCUT2D eigenvalue weighted by molar-refractivity contribution is -0.139. The molecular weight excluding hydrogens is 394 g/mol.